The lowest BCUT2D eigenvalue weighted by Gasteiger charge is -2.30. The second kappa shape index (κ2) is 37.5. The number of ketones is 3. The van der Waals surface area contributed by atoms with Crippen LogP contribution in [-0.4, -0.2) is 173 Å². The molecule has 115 heavy (non-hydrogen) atoms. The summed E-state index contributed by atoms with van der Waals surface area (Å²) < 4.78 is 10.8. The van der Waals surface area contributed by atoms with E-state index >= 15 is 0 Å². The van der Waals surface area contributed by atoms with E-state index in [0.717, 1.165) is 77.0 Å². The summed E-state index contributed by atoms with van der Waals surface area (Å²) in [4.78, 5) is 101. The number of aliphatic hydroxyl groups excluding tert-OH is 5. The minimum Gasteiger partial charge on any atom is -0.443 e. The zero-order chi connectivity index (χ0) is 83.9. The highest BCUT2D eigenvalue weighted by Crippen LogP contribution is 2.37. The van der Waals surface area contributed by atoms with Gasteiger partial charge in [-0.05, 0) is 81.7 Å². The quantitative estimate of drug-likeness (QED) is 0.0248. The molecule has 3 fully saturated rings. The van der Waals surface area contributed by atoms with Gasteiger partial charge in [-0.3, -0.25) is 33.4 Å². The lowest BCUT2D eigenvalue weighted by molar-refractivity contribution is -0.767. The van der Waals surface area contributed by atoms with E-state index in [1.54, 1.807) is 37.5 Å². The lowest BCUT2D eigenvalue weighted by Crippen LogP contribution is -2.55. The van der Waals surface area contributed by atoms with Crippen LogP contribution in [0.4, 0.5) is 0 Å². The number of aromatic amines is 2. The maximum Gasteiger partial charge on any atom is 0.295 e. The summed E-state index contributed by atoms with van der Waals surface area (Å²) in [6.07, 6.45) is 12.7. The summed E-state index contributed by atoms with van der Waals surface area (Å²) >= 11 is 3.06. The number of β-amino-alcohol motifs (C(OH)–C–C–N with tert-alkyl or cyclic N) is 3. The molecule has 3 saturated heterocycles. The van der Waals surface area contributed by atoms with E-state index in [9.17, 15) is 54.3 Å². The van der Waals surface area contributed by atoms with Crippen LogP contribution < -0.4 is 9.36 Å². The lowest BCUT2D eigenvalue weighted by atomic mass is 9.90. The Morgan fingerprint density at radius 2 is 1.01 bits per heavy atom. The number of H-pyrrole nitrogens is 2. The molecular formula is C89H120N12O12S2+2. The van der Waals surface area contributed by atoms with Gasteiger partial charge in [0.1, 0.15) is 6.04 Å². The number of aliphatic hydroxyl groups is 5. The Morgan fingerprint density at radius 3 is 1.44 bits per heavy atom. The van der Waals surface area contributed by atoms with Crippen molar-refractivity contribution < 1.29 is 68.1 Å². The number of carbonyl (C=O) groups is 6. The number of benzene rings is 3. The maximum absolute atomic E-state index is 13.9. The van der Waals surface area contributed by atoms with E-state index in [-0.39, 0.29) is 140 Å². The number of nitrogens with one attached hydrogen (secondary N) is 2. The molecule has 3 amide bonds. The van der Waals surface area contributed by atoms with Gasteiger partial charge in [0, 0.05) is 98.8 Å². The highest BCUT2D eigenvalue weighted by molar-refractivity contribution is 7.13. The van der Waals surface area contributed by atoms with Crippen LogP contribution in [0.5, 0.6) is 0 Å². The highest BCUT2D eigenvalue weighted by Gasteiger charge is 2.49. The Hall–Kier alpha value is -9.02. The van der Waals surface area contributed by atoms with Crippen LogP contribution in [0.15, 0.2) is 132 Å². The van der Waals surface area contributed by atoms with Crippen LogP contribution in [0.3, 0.4) is 0 Å². The van der Waals surface area contributed by atoms with Gasteiger partial charge in [0.2, 0.25) is 5.91 Å². The summed E-state index contributed by atoms with van der Waals surface area (Å²) in [5.41, 5.74) is 14.9. The number of thiazole rings is 2. The molecule has 0 radical (unpaired) electrons. The van der Waals surface area contributed by atoms with E-state index in [1.807, 2.05) is 181 Å². The van der Waals surface area contributed by atoms with E-state index < -0.39 is 60.5 Å². The van der Waals surface area contributed by atoms with Crippen LogP contribution in [0, 0.1) is 31.6 Å². The molecular weight excluding hydrogens is 1490 g/mol. The minimum absolute atomic E-state index is 0.00368. The second-order valence-electron chi connectivity index (χ2n) is 35.6. The molecule has 3 aliphatic heterocycles. The molecule has 12 rings (SSSR count). The van der Waals surface area contributed by atoms with Gasteiger partial charge < -0.3 is 44.6 Å². The van der Waals surface area contributed by atoms with Gasteiger partial charge in [-0.1, -0.05) is 184 Å². The fourth-order valence-electron chi connectivity index (χ4n) is 15.6. The molecule has 0 aliphatic carbocycles. The van der Waals surface area contributed by atoms with E-state index in [4.69, 9.17) is 4.42 Å². The number of nitrogens with zero attached hydrogens (tertiary/aromatic N) is 10. The average molecular weight is 1610 g/mol. The van der Waals surface area contributed by atoms with Crippen molar-refractivity contribution in [3.63, 3.8) is 0 Å². The second-order valence-corrected chi connectivity index (χ2v) is 37.3. The number of carbonyl (C=O) groups excluding carboxylic acids is 6. The number of aryl methyl sites for hydroxylation is 3. The predicted octanol–water partition coefficient (Wildman–Crippen LogP) is 12.6. The fraction of sp³-hybridized carbons (Fsp3) is 0.528. The molecule has 9 aromatic rings. The van der Waals surface area contributed by atoms with Gasteiger partial charge in [0.05, 0.1) is 106 Å². The summed E-state index contributed by atoms with van der Waals surface area (Å²) in [7, 11) is 0. The molecule has 0 saturated carbocycles. The van der Waals surface area contributed by atoms with Gasteiger partial charge >= 0.3 is 0 Å². The first kappa shape index (κ1) is 88.3. The third-order valence-electron chi connectivity index (χ3n) is 22.6. The SMILES string of the molecule is CC(CC(=O)C1CC(O)CN1C(=O)C(C(C)C)[n+]1cc(C(C)(C)C)c[nH]1)c1ccc(-c2scnc2CO)cc1.Cc1ncoc1-c1ccc(CCC(=O)C2CC(O)CN2C(=O)C(C(C)C)[n+]2cc(C(C)(C)C)c[nH]2)cc1.Cc1ncsc1-c1ccc(C(CO)CC(=O)C2CC(O)CN2C(=O)C(C(C)C)n2cc(C(C)(C)C)cn2)cc1. The first-order chi connectivity index (χ1) is 54.3. The summed E-state index contributed by atoms with van der Waals surface area (Å²) in [6.45, 7) is 37.0. The number of likely N-dealkylation sites (tertiary alicyclic amines) is 3. The zero-order valence-electron chi connectivity index (χ0n) is 70.1. The van der Waals surface area contributed by atoms with Gasteiger partial charge in [-0.25, -0.2) is 15.0 Å². The topological polar surface area (TPSA) is 322 Å². The Morgan fingerprint density at radius 1 is 0.548 bits per heavy atom. The molecule has 3 aromatic carbocycles. The van der Waals surface area contributed by atoms with Gasteiger partial charge in [0.15, 0.2) is 41.9 Å². The van der Waals surface area contributed by atoms with E-state index in [1.165, 1.54) is 22.6 Å². The third kappa shape index (κ3) is 21.2. The molecule has 0 bridgehead atoms. The van der Waals surface area contributed by atoms with E-state index in [2.05, 4.69) is 92.6 Å². The van der Waals surface area contributed by atoms with Crippen molar-refractivity contribution in [1.29, 1.82) is 0 Å². The standard InChI is InChI=1S/2C30H40N4O4S.C29H38N4O4/c1-18(2)27(34-14-23(13-32-34)30(4,5)6)29(38)33-15-24(36)12-25(33)26(37)11-22(16-35)20-7-9-21(10-8-20)28-19(3)31-17-39-28;1-18(2)27(34-14-22(13-32-34)30(4,5)6)29(38)33-15-23(36)12-25(33)26(37)11-19(3)20-7-9-21(10-8-20)28-24(16-35)31-17-39-28;1-18(2)26(33-15-22(14-31-33)29(4,5)6)28(36)32-16-23(34)13-24(32)25(35)12-9-20-7-10-21(11-8-20)27-19(3)30-17-37-27/h7-10,13-14,17-18,22,24-25,27,35-36H,11-12,15-16H2,1-6H3;7-10,13-14,17-19,23,25,27,35-36H,11-12,15-16H2,1-6H3;7-8,10-11,14-15,17-18,23-24,26,34H,9,12-13,16H2,1-6H3/p+2. The largest absolute Gasteiger partial charge is 0.443 e. The van der Waals surface area contributed by atoms with Crippen LogP contribution in [0.1, 0.15) is 230 Å². The maximum atomic E-state index is 13.9. The first-order valence-electron chi connectivity index (χ1n) is 40.3. The highest BCUT2D eigenvalue weighted by atomic mass is 32.1. The number of aromatic nitrogens is 9. The third-order valence-corrected chi connectivity index (χ3v) is 24.4. The van der Waals surface area contributed by atoms with Gasteiger partial charge in [-0.2, -0.15) is 15.3 Å². The molecule has 7 N–H and O–H groups in total. The monoisotopic (exact) mass is 1610 g/mol. The van der Waals surface area contributed by atoms with Crippen molar-refractivity contribution in [2.24, 2.45) is 17.8 Å². The molecule has 6 aromatic heterocycles. The number of amides is 3. The summed E-state index contributed by atoms with van der Waals surface area (Å²) in [6, 6.07) is 20.2. The van der Waals surface area contributed by atoms with Crippen molar-refractivity contribution in [1.82, 2.24) is 49.6 Å². The Bertz CT molecular complexity index is 4760. The predicted molar refractivity (Wildman–Crippen MR) is 444 cm³/mol. The molecule has 3 aliphatic rings. The number of Topliss-reactive ketones (excluding diaryl/α,β-unsaturated/α-hetero) is 3. The summed E-state index contributed by atoms with van der Waals surface area (Å²) in [5.74, 6) is -0.474. The molecule has 24 nitrogen and oxygen atoms in total. The Balaban J connectivity index is 0.000000182. The molecule has 9 heterocycles. The van der Waals surface area contributed by atoms with Crippen molar-refractivity contribution in [2.45, 2.75) is 259 Å². The number of oxazole rings is 1. The molecule has 11 atom stereocenters. The van der Waals surface area contributed by atoms with Gasteiger partial charge in [-0.15, -0.1) is 32.0 Å². The minimum atomic E-state index is -0.770. The molecule has 26 heteroatoms. The van der Waals surface area contributed by atoms with Crippen LogP contribution in [0.2, 0.25) is 0 Å². The fourth-order valence-corrected chi connectivity index (χ4v) is 17.3. The van der Waals surface area contributed by atoms with Crippen molar-refractivity contribution in [3.8, 4) is 32.2 Å². The van der Waals surface area contributed by atoms with Crippen LogP contribution >= 0.6 is 22.7 Å². The molecule has 11 unspecified atom stereocenters. The van der Waals surface area contributed by atoms with Crippen molar-refractivity contribution in [2.75, 3.05) is 26.2 Å². The normalized spacial score (nSPS) is 19.3. The number of hydrogen-bond donors (Lipinski definition) is 7. The Kier molecular flexibility index (Phi) is 28.8. The smallest absolute Gasteiger partial charge is 0.295 e. The molecule has 0 spiro atoms. The van der Waals surface area contributed by atoms with Crippen LogP contribution in [0.25, 0.3) is 32.2 Å². The zero-order valence-corrected chi connectivity index (χ0v) is 71.7. The van der Waals surface area contributed by atoms with Gasteiger partial charge in [0.25, 0.3) is 23.9 Å². The van der Waals surface area contributed by atoms with Crippen LogP contribution in [-0.2, 0) is 58.0 Å². The van der Waals surface area contributed by atoms with Crippen molar-refractivity contribution in [3.05, 3.63) is 178 Å². The number of hydrogen-bond acceptors (Lipinski definition) is 18. The summed E-state index contributed by atoms with van der Waals surface area (Å²) in [5, 5.41) is 62.1. The average Bonchev–Trinajstić information content (AvgIpc) is 1.67. The van der Waals surface area contributed by atoms with E-state index in [0.29, 0.717) is 18.5 Å². The first-order valence-corrected chi connectivity index (χ1v) is 42.0. The Labute approximate surface area is 684 Å². The van der Waals surface area contributed by atoms with Crippen molar-refractivity contribution >= 4 is 57.7 Å². The number of rotatable bonds is 26. The molecule has 618 valence electrons.